The van der Waals surface area contributed by atoms with Gasteiger partial charge in [0, 0.05) is 17.8 Å². The fraction of sp³-hybridized carbons (Fsp3) is 0.562. The Morgan fingerprint density at radius 3 is 2.41 bits per heavy atom. The topological polar surface area (TPSA) is 104 Å². The number of anilines is 1. The van der Waals surface area contributed by atoms with Gasteiger partial charge in [-0.1, -0.05) is 13.3 Å². The van der Waals surface area contributed by atoms with Crippen molar-refractivity contribution in [2.45, 2.75) is 32.6 Å². The number of nitrogens with zero attached hydrogens (tertiary/aromatic N) is 1. The van der Waals surface area contributed by atoms with Crippen LogP contribution in [0, 0.1) is 11.6 Å². The van der Waals surface area contributed by atoms with Crippen molar-refractivity contribution in [1.29, 1.82) is 0 Å². The lowest BCUT2D eigenvalue weighted by Gasteiger charge is -2.27. The number of hydrogen-bond donors (Lipinski definition) is 0. The minimum atomic E-state index is -3.22. The van der Waals surface area contributed by atoms with E-state index < -0.39 is 50.0 Å². The molecule has 0 aliphatic carbocycles. The predicted molar refractivity (Wildman–Crippen MR) is 96.8 cm³/mol. The fourth-order valence-electron chi connectivity index (χ4n) is 2.34. The quantitative estimate of drug-likeness (QED) is 0.306. The zero-order valence-corrected chi connectivity index (χ0v) is 16.7. The Hall–Kier alpha value is -1.59. The molecule has 0 saturated heterocycles. The predicted octanol–water partition coefficient (Wildman–Crippen LogP) is 2.35. The zero-order chi connectivity index (χ0) is 20.6. The first kappa shape index (κ1) is 23.4. The first-order chi connectivity index (χ1) is 12.6. The van der Waals surface area contributed by atoms with Crippen LogP contribution in [0.2, 0.25) is 0 Å². The first-order valence-corrected chi connectivity index (χ1v) is 11.1. The number of benzene rings is 1. The number of unbranched alkanes of at least 4 members (excludes halogenated alkanes) is 2. The van der Waals surface area contributed by atoms with Crippen LogP contribution >= 0.6 is 0 Å². The summed E-state index contributed by atoms with van der Waals surface area (Å²) in [5.74, 6) is -3.85. The highest BCUT2D eigenvalue weighted by atomic mass is 32.2. The van der Waals surface area contributed by atoms with Gasteiger partial charge in [-0.3, -0.25) is 8.51 Å². The van der Waals surface area contributed by atoms with Crippen molar-refractivity contribution >= 4 is 32.8 Å². The van der Waals surface area contributed by atoms with Gasteiger partial charge in [0.15, 0.2) is 5.82 Å². The number of hydrogen-bond acceptors (Lipinski definition) is 6. The van der Waals surface area contributed by atoms with Gasteiger partial charge in [0.1, 0.15) is 21.2 Å². The third-order valence-corrected chi connectivity index (χ3v) is 6.34. The molecule has 0 amide bonds. The van der Waals surface area contributed by atoms with Crippen molar-refractivity contribution in [3.05, 3.63) is 29.3 Å². The summed E-state index contributed by atoms with van der Waals surface area (Å²) in [6.07, 6.45) is 1.63. The van der Waals surface area contributed by atoms with Gasteiger partial charge >= 0.3 is 5.97 Å². The molecule has 0 spiro atoms. The van der Waals surface area contributed by atoms with Crippen LogP contribution < -0.4 is 4.31 Å². The van der Waals surface area contributed by atoms with Crippen molar-refractivity contribution in [3.8, 4) is 0 Å². The minimum Gasteiger partial charge on any atom is -0.755 e. The Morgan fingerprint density at radius 1 is 1.22 bits per heavy atom. The molecule has 0 aliphatic rings. The highest BCUT2D eigenvalue weighted by Crippen LogP contribution is 2.26. The molecule has 1 atom stereocenters. The summed E-state index contributed by atoms with van der Waals surface area (Å²) in [7, 11) is -2.28. The lowest BCUT2D eigenvalue weighted by Crippen LogP contribution is -2.29. The molecular formula is C16H22F2NO6S2-. The van der Waals surface area contributed by atoms with Crippen LogP contribution in [0.1, 0.15) is 43.0 Å². The molecule has 1 unspecified atom stereocenters. The van der Waals surface area contributed by atoms with Crippen molar-refractivity contribution in [3.63, 3.8) is 0 Å². The van der Waals surface area contributed by atoms with Gasteiger partial charge in [0.05, 0.1) is 24.3 Å². The number of esters is 1. The Bertz CT molecular complexity index is 785. The second-order valence-corrected chi connectivity index (χ2v) is 8.96. The number of carbonyl (C=O) groups is 1. The number of rotatable bonds is 11. The summed E-state index contributed by atoms with van der Waals surface area (Å²) in [4.78, 5) is 11.5. The SMILES string of the molecule is CCCCS(=O)(=O)CCCCN(c1ccc(F)c(C(=O)OC)c1F)S(=O)[O-]. The molecule has 0 radical (unpaired) electrons. The second kappa shape index (κ2) is 10.7. The molecule has 154 valence electrons. The van der Waals surface area contributed by atoms with Crippen molar-refractivity contribution in [2.75, 3.05) is 29.5 Å². The number of ether oxygens (including phenoxy) is 1. The van der Waals surface area contributed by atoms with Crippen LogP contribution in [-0.4, -0.2) is 48.3 Å². The van der Waals surface area contributed by atoms with Crippen LogP contribution in [0.4, 0.5) is 14.5 Å². The van der Waals surface area contributed by atoms with Crippen LogP contribution in [0.15, 0.2) is 12.1 Å². The highest BCUT2D eigenvalue weighted by molar-refractivity contribution is 7.91. The van der Waals surface area contributed by atoms with E-state index in [9.17, 15) is 30.8 Å². The molecule has 0 bridgehead atoms. The third kappa shape index (κ3) is 6.82. The molecule has 1 aromatic rings. The van der Waals surface area contributed by atoms with Gasteiger partial charge in [-0.15, -0.1) is 0 Å². The van der Waals surface area contributed by atoms with E-state index in [1.54, 1.807) is 0 Å². The normalized spacial score (nSPS) is 12.6. The number of sulfone groups is 1. The molecule has 27 heavy (non-hydrogen) atoms. The van der Waals surface area contributed by atoms with E-state index in [0.29, 0.717) is 10.7 Å². The Kier molecular flexibility index (Phi) is 9.27. The molecule has 11 heteroatoms. The van der Waals surface area contributed by atoms with Crippen LogP contribution in [0.5, 0.6) is 0 Å². The molecule has 0 N–H and O–H groups in total. The Labute approximate surface area is 160 Å². The number of halogens is 2. The molecule has 1 aromatic carbocycles. The summed E-state index contributed by atoms with van der Waals surface area (Å²) in [5.41, 5.74) is -1.51. The van der Waals surface area contributed by atoms with Crippen LogP contribution in [0.25, 0.3) is 0 Å². The second-order valence-electron chi connectivity index (χ2n) is 5.78. The van der Waals surface area contributed by atoms with E-state index in [1.807, 2.05) is 6.92 Å². The van der Waals surface area contributed by atoms with Gasteiger partial charge < -0.3 is 9.29 Å². The average molecular weight is 426 g/mol. The summed E-state index contributed by atoms with van der Waals surface area (Å²) in [6, 6.07) is 1.66. The van der Waals surface area contributed by atoms with Crippen molar-refractivity contribution in [1.82, 2.24) is 0 Å². The van der Waals surface area contributed by atoms with Crippen LogP contribution in [-0.2, 0) is 25.8 Å². The van der Waals surface area contributed by atoms with Crippen molar-refractivity contribution < 1.29 is 35.5 Å². The van der Waals surface area contributed by atoms with Gasteiger partial charge in [0.25, 0.3) is 0 Å². The molecule has 0 fully saturated rings. The summed E-state index contributed by atoms with van der Waals surface area (Å²) < 4.78 is 79.6. The van der Waals surface area contributed by atoms with E-state index >= 15 is 0 Å². The number of methoxy groups -OCH3 is 1. The summed E-state index contributed by atoms with van der Waals surface area (Å²) in [5, 5.41) is 0. The summed E-state index contributed by atoms with van der Waals surface area (Å²) in [6.45, 7) is 1.65. The Morgan fingerprint density at radius 2 is 1.85 bits per heavy atom. The largest absolute Gasteiger partial charge is 0.755 e. The third-order valence-electron chi connectivity index (χ3n) is 3.78. The molecule has 0 aliphatic heterocycles. The van der Waals surface area contributed by atoms with E-state index in [2.05, 4.69) is 4.74 Å². The van der Waals surface area contributed by atoms with E-state index in [0.717, 1.165) is 25.7 Å². The van der Waals surface area contributed by atoms with Crippen LogP contribution in [0.3, 0.4) is 0 Å². The maximum Gasteiger partial charge on any atom is 0.343 e. The smallest absolute Gasteiger partial charge is 0.343 e. The van der Waals surface area contributed by atoms with Gasteiger partial charge in [-0.25, -0.2) is 22.0 Å². The highest BCUT2D eigenvalue weighted by Gasteiger charge is 2.24. The minimum absolute atomic E-state index is 0.0653. The zero-order valence-electron chi connectivity index (χ0n) is 15.1. The van der Waals surface area contributed by atoms with Gasteiger partial charge in [0.2, 0.25) is 0 Å². The summed E-state index contributed by atoms with van der Waals surface area (Å²) >= 11 is -2.90. The van der Waals surface area contributed by atoms with Gasteiger partial charge in [-0.05, 0) is 31.4 Å². The molecule has 7 nitrogen and oxygen atoms in total. The fourth-order valence-corrected chi connectivity index (χ4v) is 4.50. The monoisotopic (exact) mass is 426 g/mol. The maximum atomic E-state index is 14.5. The van der Waals surface area contributed by atoms with E-state index in [1.165, 1.54) is 0 Å². The number of carbonyl (C=O) groups excluding carboxylic acids is 1. The van der Waals surface area contributed by atoms with Gasteiger partial charge in [-0.2, -0.15) is 0 Å². The molecular weight excluding hydrogens is 404 g/mol. The molecule has 0 heterocycles. The lowest BCUT2D eigenvalue weighted by molar-refractivity contribution is 0.0590. The van der Waals surface area contributed by atoms with E-state index in [-0.39, 0.29) is 30.9 Å². The standard InChI is InChI=1S/C16H23F2NO6S2/c1-3-4-10-27(23,24)11-6-5-9-19(26(21)22)13-8-7-12(17)14(15(13)18)16(20)25-2/h7-8H,3-6,9-11H2,1-2H3,(H,21,22)/p-1. The Balaban J connectivity index is 2.89. The maximum absolute atomic E-state index is 14.5. The molecule has 0 saturated carbocycles. The first-order valence-electron chi connectivity index (χ1n) is 8.28. The average Bonchev–Trinajstić information content (AvgIpc) is 2.60. The molecule has 0 aromatic heterocycles. The van der Waals surface area contributed by atoms with E-state index in [4.69, 9.17) is 0 Å². The van der Waals surface area contributed by atoms with Crippen molar-refractivity contribution in [2.24, 2.45) is 0 Å². The lowest BCUT2D eigenvalue weighted by atomic mass is 10.1. The molecule has 1 rings (SSSR count).